The summed E-state index contributed by atoms with van der Waals surface area (Å²) in [5.74, 6) is -3.48. The van der Waals surface area contributed by atoms with E-state index < -0.39 is 160 Å². The van der Waals surface area contributed by atoms with Crippen LogP contribution >= 0.6 is 0 Å². The number of ether oxygens (including phenoxy) is 4. The van der Waals surface area contributed by atoms with Crippen LogP contribution in [-0.4, -0.2) is 213 Å². The summed E-state index contributed by atoms with van der Waals surface area (Å²) in [6, 6.07) is 0. The lowest BCUT2D eigenvalue weighted by molar-refractivity contribution is -0.381. The van der Waals surface area contributed by atoms with E-state index in [1.165, 1.54) is 0 Å². The number of carbonyl (C=O) groups excluding carboxylic acids is 1. The van der Waals surface area contributed by atoms with Gasteiger partial charge in [0.1, 0.15) is 30.5 Å². The van der Waals surface area contributed by atoms with Crippen molar-refractivity contribution >= 4 is 5.97 Å². The van der Waals surface area contributed by atoms with Crippen LogP contribution in [0.15, 0.2) is 24.0 Å². The Labute approximate surface area is 394 Å². The van der Waals surface area contributed by atoms with Crippen LogP contribution < -0.4 is 0 Å². The Morgan fingerprint density at radius 1 is 0.809 bits per heavy atom. The van der Waals surface area contributed by atoms with Gasteiger partial charge in [0.2, 0.25) is 6.29 Å². The number of rotatable bonds is 15. The standard InChI is InChI=1S/C45H76O23/c1-22-18-44-12-5-29-42(2,30(44)6-13-45(22,21-44)67-39(60)35(57)31(53)24(49)7-14-46)10-4-11-43(29,3)41(62)66-37(58)28-17-23(19-48)27(52)20-63-40(61)36(33(55)25(50)8-15-47)68-64-16-9-26(51)32(54)34(56)38(59)65-28/h17,23-27,29-40,46-61H,1,4-16,18-21H2,2-3H3/b28-17-/t23?,24?,25?,26?,27?,29?,30-,31?,32?,33?,34?,35?,36?,37?,38?,39?,40?,42+,43+,44?,45-/m0/s1. The Morgan fingerprint density at radius 2 is 1.47 bits per heavy atom. The van der Waals surface area contributed by atoms with Crippen LogP contribution in [0.2, 0.25) is 0 Å². The highest BCUT2D eigenvalue weighted by Gasteiger charge is 2.69. The molecule has 2 bridgehead atoms. The van der Waals surface area contributed by atoms with Crippen molar-refractivity contribution in [2.24, 2.45) is 34.0 Å². The number of aliphatic hydroxyl groups excluding tert-OH is 16. The second-order valence-electron chi connectivity index (χ2n) is 20.1. The average Bonchev–Trinajstić information content (AvgIpc) is 3.49. The van der Waals surface area contributed by atoms with Gasteiger partial charge in [0.25, 0.3) is 6.29 Å². The molecule has 0 saturated heterocycles. The molecule has 1 heterocycles. The van der Waals surface area contributed by atoms with Crippen LogP contribution in [0.25, 0.3) is 0 Å². The average molecular weight is 985 g/mol. The van der Waals surface area contributed by atoms with Gasteiger partial charge < -0.3 is 101 Å². The number of hydrogen-bond acceptors (Lipinski definition) is 23. The van der Waals surface area contributed by atoms with Gasteiger partial charge in [0.05, 0.1) is 55.3 Å². The largest absolute Gasteiger partial charge is 0.460 e. The first-order valence-electron chi connectivity index (χ1n) is 23.5. The fourth-order valence-corrected chi connectivity index (χ4v) is 12.0. The lowest BCUT2D eigenvalue weighted by atomic mass is 9.41. The van der Waals surface area contributed by atoms with E-state index in [1.54, 1.807) is 6.92 Å². The van der Waals surface area contributed by atoms with E-state index in [-0.39, 0.29) is 30.1 Å². The lowest BCUT2D eigenvalue weighted by Gasteiger charge is -2.64. The Hall–Kier alpha value is -2.05. The summed E-state index contributed by atoms with van der Waals surface area (Å²) in [5, 5.41) is 168. The minimum Gasteiger partial charge on any atom is -0.460 e. The van der Waals surface area contributed by atoms with E-state index in [1.807, 2.05) is 0 Å². The van der Waals surface area contributed by atoms with Gasteiger partial charge in [-0.05, 0) is 105 Å². The zero-order chi connectivity index (χ0) is 50.5. The smallest absolute Gasteiger partial charge is 0.314 e. The van der Waals surface area contributed by atoms with Crippen molar-refractivity contribution in [1.29, 1.82) is 0 Å². The fourth-order valence-electron chi connectivity index (χ4n) is 12.0. The molecular formula is C45H76O23. The third-order valence-electron chi connectivity index (χ3n) is 15.8. The summed E-state index contributed by atoms with van der Waals surface area (Å²) in [6.07, 6.45) is -23.1. The SMILES string of the molecule is C=C1CC23CCC4[C@](C)(C(=O)OC(O)/C5=C/C(CO)C(O)COC(O)C(C(O)C(O)CCO)OOCCC(O)C(O)C(O)C(O)O5)CCC[C@@]4(C)[C@@H]2CC[C@]1(OC(O)C(O)C(O)C(O)CCO)C3. The van der Waals surface area contributed by atoms with Crippen molar-refractivity contribution in [3.63, 3.8) is 0 Å². The van der Waals surface area contributed by atoms with Crippen molar-refractivity contribution in [2.45, 2.75) is 183 Å². The second-order valence-corrected chi connectivity index (χ2v) is 20.1. The van der Waals surface area contributed by atoms with Gasteiger partial charge in [0, 0.05) is 25.6 Å². The fraction of sp³-hybridized carbons (Fsp3) is 0.889. The highest BCUT2D eigenvalue weighted by molar-refractivity contribution is 5.77. The first-order chi connectivity index (χ1) is 31.9. The third kappa shape index (κ3) is 11.9. The van der Waals surface area contributed by atoms with Gasteiger partial charge in [-0.3, -0.25) is 4.79 Å². The number of esters is 1. The van der Waals surface area contributed by atoms with Gasteiger partial charge in [0.15, 0.2) is 24.4 Å². The molecule has 16 N–H and O–H groups in total. The van der Waals surface area contributed by atoms with E-state index in [9.17, 15) is 81.4 Å². The molecule has 21 atom stereocenters. The number of fused-ring (bicyclic) bond motifs is 3. The van der Waals surface area contributed by atoms with E-state index in [2.05, 4.69) is 13.5 Å². The second kappa shape index (κ2) is 23.7. The molecule has 0 amide bonds. The Kier molecular flexibility index (Phi) is 19.8. The predicted molar refractivity (Wildman–Crippen MR) is 229 cm³/mol. The van der Waals surface area contributed by atoms with E-state index in [0.29, 0.717) is 56.9 Å². The quantitative estimate of drug-likeness (QED) is 0.0323. The molecule has 23 heteroatoms. The molecule has 1 spiro atoms. The number of aliphatic hydroxyl groups is 16. The first kappa shape index (κ1) is 56.9. The third-order valence-corrected chi connectivity index (χ3v) is 15.8. The molecule has 0 radical (unpaired) electrons. The molecule has 394 valence electrons. The van der Waals surface area contributed by atoms with Crippen LogP contribution in [0, 0.1) is 34.0 Å². The normalized spacial score (nSPS) is 42.6. The topological polar surface area (TPSA) is 396 Å². The molecule has 0 aromatic heterocycles. The summed E-state index contributed by atoms with van der Waals surface area (Å²) >= 11 is 0. The molecular weight excluding hydrogens is 908 g/mol. The predicted octanol–water partition coefficient (Wildman–Crippen LogP) is -3.83. The molecule has 0 aromatic carbocycles. The van der Waals surface area contributed by atoms with Crippen LogP contribution in [0.3, 0.4) is 0 Å². The number of carbonyl (C=O) groups is 1. The molecule has 5 aliphatic rings. The molecule has 23 nitrogen and oxygen atoms in total. The van der Waals surface area contributed by atoms with Gasteiger partial charge >= 0.3 is 5.97 Å². The highest BCUT2D eigenvalue weighted by Crippen LogP contribution is 2.73. The summed E-state index contributed by atoms with van der Waals surface area (Å²) in [4.78, 5) is 24.5. The first-order valence-corrected chi connectivity index (χ1v) is 23.5. The zero-order valence-corrected chi connectivity index (χ0v) is 38.6. The van der Waals surface area contributed by atoms with Gasteiger partial charge in [-0.25, -0.2) is 9.78 Å². The van der Waals surface area contributed by atoms with Crippen LogP contribution in [0.5, 0.6) is 0 Å². The van der Waals surface area contributed by atoms with Crippen LogP contribution in [0.4, 0.5) is 0 Å². The maximum Gasteiger partial charge on any atom is 0.314 e. The van der Waals surface area contributed by atoms with E-state index >= 15 is 0 Å². The molecule has 5 rings (SSSR count). The van der Waals surface area contributed by atoms with Crippen LogP contribution in [-0.2, 0) is 33.5 Å². The van der Waals surface area contributed by atoms with Crippen molar-refractivity contribution in [3.8, 4) is 0 Å². The molecule has 4 aliphatic carbocycles. The van der Waals surface area contributed by atoms with E-state index in [0.717, 1.165) is 12.5 Å². The molecule has 68 heavy (non-hydrogen) atoms. The van der Waals surface area contributed by atoms with Crippen molar-refractivity contribution in [1.82, 2.24) is 0 Å². The van der Waals surface area contributed by atoms with Crippen molar-refractivity contribution in [2.75, 3.05) is 33.0 Å². The van der Waals surface area contributed by atoms with Crippen LogP contribution in [0.1, 0.15) is 90.9 Å². The Balaban J connectivity index is 1.36. The zero-order valence-electron chi connectivity index (χ0n) is 38.6. The maximum atomic E-state index is 14.5. The Morgan fingerprint density at radius 3 is 2.13 bits per heavy atom. The Bertz CT molecular complexity index is 1670. The summed E-state index contributed by atoms with van der Waals surface area (Å²) in [7, 11) is 0. The lowest BCUT2D eigenvalue weighted by Crippen LogP contribution is -2.60. The minimum atomic E-state index is -2.44. The summed E-state index contributed by atoms with van der Waals surface area (Å²) in [6.45, 7) is 4.82. The van der Waals surface area contributed by atoms with E-state index in [4.69, 9.17) is 33.8 Å². The van der Waals surface area contributed by atoms with Gasteiger partial charge in [-0.1, -0.05) is 19.9 Å². The molecule has 0 aromatic rings. The maximum absolute atomic E-state index is 14.5. The van der Waals surface area contributed by atoms with Crippen molar-refractivity contribution < 1.29 is 115 Å². The van der Waals surface area contributed by atoms with Gasteiger partial charge in [-0.2, -0.15) is 0 Å². The van der Waals surface area contributed by atoms with Gasteiger partial charge in [-0.15, -0.1) is 0 Å². The molecule has 1 aliphatic heterocycles. The van der Waals surface area contributed by atoms with Crippen molar-refractivity contribution in [3.05, 3.63) is 24.0 Å². The number of hydrogen-bond donors (Lipinski definition) is 16. The molecule has 4 saturated carbocycles. The summed E-state index contributed by atoms with van der Waals surface area (Å²) in [5.41, 5.74) is -2.42. The minimum absolute atomic E-state index is 0.0118. The highest BCUT2D eigenvalue weighted by atomic mass is 17.2. The molecule has 17 unspecified atom stereocenters. The summed E-state index contributed by atoms with van der Waals surface area (Å²) < 4.78 is 22.6. The molecule has 4 fully saturated rings. The monoisotopic (exact) mass is 984 g/mol.